The van der Waals surface area contributed by atoms with E-state index in [2.05, 4.69) is 14.9 Å². The molecule has 0 radical (unpaired) electrons. The Bertz CT molecular complexity index is 675. The minimum atomic E-state index is -0.181. The Labute approximate surface area is 135 Å². The number of hydrogen-bond acceptors (Lipinski definition) is 5. The Hall–Kier alpha value is -2.53. The van der Waals surface area contributed by atoms with E-state index in [1.165, 1.54) is 12.4 Å². The standard InChI is InChI=1S/C18H19N3O2/c22-17-7-9-21(10-8-17)16-4-2-15(3-5-16)18(23)6-1-14-11-19-13-20-12-14/h1-6,11-13,17,22H,7-10H2/b6-1+. The molecule has 5 heteroatoms. The van der Waals surface area contributed by atoms with Crippen LogP contribution in [0.4, 0.5) is 5.69 Å². The van der Waals surface area contributed by atoms with Gasteiger partial charge in [-0.15, -0.1) is 0 Å². The van der Waals surface area contributed by atoms with Gasteiger partial charge in [0.1, 0.15) is 6.33 Å². The lowest BCUT2D eigenvalue weighted by molar-refractivity contribution is 0.104. The molecule has 0 atom stereocenters. The molecule has 1 N–H and O–H groups in total. The monoisotopic (exact) mass is 309 g/mol. The number of allylic oxidation sites excluding steroid dienone is 1. The summed E-state index contributed by atoms with van der Waals surface area (Å²) in [6.07, 6.45) is 9.42. The molecule has 0 bridgehead atoms. The van der Waals surface area contributed by atoms with Crippen molar-refractivity contribution in [2.24, 2.45) is 0 Å². The molecule has 2 heterocycles. The highest BCUT2D eigenvalue weighted by molar-refractivity contribution is 6.06. The third-order valence-electron chi connectivity index (χ3n) is 3.99. The molecule has 1 aromatic carbocycles. The lowest BCUT2D eigenvalue weighted by Gasteiger charge is -2.31. The molecule has 0 spiro atoms. The zero-order valence-corrected chi connectivity index (χ0v) is 12.8. The third kappa shape index (κ3) is 4.02. The number of aliphatic hydroxyl groups is 1. The van der Waals surface area contributed by atoms with Crippen LogP contribution in [0, 0.1) is 0 Å². The zero-order chi connectivity index (χ0) is 16.1. The molecule has 1 aromatic heterocycles. The molecule has 5 nitrogen and oxygen atoms in total. The van der Waals surface area contributed by atoms with Crippen molar-refractivity contribution < 1.29 is 9.90 Å². The van der Waals surface area contributed by atoms with Crippen LogP contribution >= 0.6 is 0 Å². The van der Waals surface area contributed by atoms with E-state index in [0.29, 0.717) is 5.56 Å². The van der Waals surface area contributed by atoms with Crippen molar-refractivity contribution in [2.75, 3.05) is 18.0 Å². The van der Waals surface area contributed by atoms with Crippen molar-refractivity contribution in [1.29, 1.82) is 0 Å². The molecule has 0 unspecified atom stereocenters. The second-order valence-electron chi connectivity index (χ2n) is 5.63. The number of hydrogen-bond donors (Lipinski definition) is 1. The van der Waals surface area contributed by atoms with E-state index in [1.54, 1.807) is 18.5 Å². The molecule has 3 rings (SSSR count). The second-order valence-corrected chi connectivity index (χ2v) is 5.63. The maximum Gasteiger partial charge on any atom is 0.185 e. The number of rotatable bonds is 4. The number of carbonyl (C=O) groups is 1. The number of aromatic nitrogens is 2. The van der Waals surface area contributed by atoms with Crippen LogP contribution in [0.3, 0.4) is 0 Å². The normalized spacial score (nSPS) is 16.0. The molecule has 0 saturated carbocycles. The molecule has 1 aliphatic heterocycles. The van der Waals surface area contributed by atoms with Gasteiger partial charge < -0.3 is 10.0 Å². The fourth-order valence-electron chi connectivity index (χ4n) is 2.63. The fraction of sp³-hybridized carbons (Fsp3) is 0.278. The summed E-state index contributed by atoms with van der Waals surface area (Å²) in [7, 11) is 0. The van der Waals surface area contributed by atoms with Gasteiger partial charge >= 0.3 is 0 Å². The highest BCUT2D eigenvalue weighted by Gasteiger charge is 2.17. The summed E-state index contributed by atoms with van der Waals surface area (Å²) in [5.41, 5.74) is 2.54. The Morgan fingerprint density at radius 2 is 1.78 bits per heavy atom. The van der Waals surface area contributed by atoms with Crippen LogP contribution in [0.2, 0.25) is 0 Å². The first-order chi connectivity index (χ1) is 11.2. The molecule has 118 valence electrons. The Morgan fingerprint density at radius 3 is 2.43 bits per heavy atom. The molecule has 1 aliphatic rings. The fourth-order valence-corrected chi connectivity index (χ4v) is 2.63. The first kappa shape index (κ1) is 15.4. The van der Waals surface area contributed by atoms with Gasteiger partial charge in [0.25, 0.3) is 0 Å². The van der Waals surface area contributed by atoms with Gasteiger partial charge in [-0.05, 0) is 49.3 Å². The number of aliphatic hydroxyl groups excluding tert-OH is 1. The van der Waals surface area contributed by atoms with E-state index in [0.717, 1.165) is 37.2 Å². The SMILES string of the molecule is O=C(/C=C/c1cncnc1)c1ccc(N2CCC(O)CC2)cc1. The topological polar surface area (TPSA) is 66.3 Å². The molecule has 0 amide bonds. The van der Waals surface area contributed by atoms with E-state index in [9.17, 15) is 9.90 Å². The van der Waals surface area contributed by atoms with Gasteiger partial charge in [-0.3, -0.25) is 4.79 Å². The average Bonchev–Trinajstić information content (AvgIpc) is 2.61. The van der Waals surface area contributed by atoms with Gasteiger partial charge in [-0.25, -0.2) is 9.97 Å². The van der Waals surface area contributed by atoms with Crippen LogP contribution in [-0.4, -0.2) is 40.1 Å². The van der Waals surface area contributed by atoms with Crippen molar-refractivity contribution in [2.45, 2.75) is 18.9 Å². The highest BCUT2D eigenvalue weighted by atomic mass is 16.3. The van der Waals surface area contributed by atoms with Crippen molar-refractivity contribution in [3.05, 3.63) is 60.2 Å². The number of ketones is 1. The summed E-state index contributed by atoms with van der Waals surface area (Å²) in [5.74, 6) is -0.0468. The predicted octanol–water partition coefficient (Wildman–Crippen LogP) is 2.33. The second kappa shape index (κ2) is 7.15. The predicted molar refractivity (Wildman–Crippen MR) is 89.3 cm³/mol. The lowest BCUT2D eigenvalue weighted by atomic mass is 10.1. The van der Waals surface area contributed by atoms with Crippen molar-refractivity contribution in [1.82, 2.24) is 9.97 Å². The van der Waals surface area contributed by atoms with Crippen molar-refractivity contribution in [3.8, 4) is 0 Å². The zero-order valence-electron chi connectivity index (χ0n) is 12.8. The minimum absolute atomic E-state index is 0.0468. The average molecular weight is 309 g/mol. The quantitative estimate of drug-likeness (QED) is 0.693. The smallest absolute Gasteiger partial charge is 0.185 e. The van der Waals surface area contributed by atoms with Gasteiger partial charge in [0.15, 0.2) is 5.78 Å². The number of anilines is 1. The van der Waals surface area contributed by atoms with Gasteiger partial charge in [0, 0.05) is 42.3 Å². The largest absolute Gasteiger partial charge is 0.393 e. The Morgan fingerprint density at radius 1 is 1.13 bits per heavy atom. The summed E-state index contributed by atoms with van der Waals surface area (Å²) in [4.78, 5) is 22.2. The highest BCUT2D eigenvalue weighted by Crippen LogP contribution is 2.20. The Balaban J connectivity index is 1.65. The van der Waals surface area contributed by atoms with E-state index in [4.69, 9.17) is 0 Å². The third-order valence-corrected chi connectivity index (χ3v) is 3.99. The number of piperidine rings is 1. The van der Waals surface area contributed by atoms with Crippen LogP contribution in [0.25, 0.3) is 6.08 Å². The molecule has 1 fully saturated rings. The van der Waals surface area contributed by atoms with Crippen LogP contribution in [0.15, 0.2) is 49.1 Å². The van der Waals surface area contributed by atoms with Gasteiger partial charge in [-0.1, -0.05) is 0 Å². The summed E-state index contributed by atoms with van der Waals surface area (Å²) in [6, 6.07) is 7.61. The Kier molecular flexibility index (Phi) is 4.78. The van der Waals surface area contributed by atoms with Crippen LogP contribution in [-0.2, 0) is 0 Å². The van der Waals surface area contributed by atoms with E-state index >= 15 is 0 Å². The molecule has 23 heavy (non-hydrogen) atoms. The van der Waals surface area contributed by atoms with Crippen molar-refractivity contribution >= 4 is 17.5 Å². The number of carbonyl (C=O) groups excluding carboxylic acids is 1. The number of nitrogens with zero attached hydrogens (tertiary/aromatic N) is 3. The summed E-state index contributed by atoms with van der Waals surface area (Å²) < 4.78 is 0. The van der Waals surface area contributed by atoms with Crippen LogP contribution < -0.4 is 4.90 Å². The number of benzene rings is 1. The van der Waals surface area contributed by atoms with E-state index in [1.807, 2.05) is 24.3 Å². The molecule has 1 saturated heterocycles. The molecular weight excluding hydrogens is 290 g/mol. The maximum absolute atomic E-state index is 12.2. The molecular formula is C18H19N3O2. The first-order valence-corrected chi connectivity index (χ1v) is 7.73. The lowest BCUT2D eigenvalue weighted by Crippen LogP contribution is -2.35. The maximum atomic E-state index is 12.2. The first-order valence-electron chi connectivity index (χ1n) is 7.73. The van der Waals surface area contributed by atoms with E-state index in [-0.39, 0.29) is 11.9 Å². The van der Waals surface area contributed by atoms with Crippen molar-refractivity contribution in [3.63, 3.8) is 0 Å². The van der Waals surface area contributed by atoms with Crippen LogP contribution in [0.1, 0.15) is 28.8 Å². The van der Waals surface area contributed by atoms with Crippen LogP contribution in [0.5, 0.6) is 0 Å². The summed E-state index contributed by atoms with van der Waals surface area (Å²) >= 11 is 0. The van der Waals surface area contributed by atoms with Gasteiger partial charge in [0.2, 0.25) is 0 Å². The van der Waals surface area contributed by atoms with E-state index < -0.39 is 0 Å². The molecule has 0 aliphatic carbocycles. The molecule has 2 aromatic rings. The summed E-state index contributed by atoms with van der Waals surface area (Å²) in [5, 5.41) is 9.56. The van der Waals surface area contributed by atoms with Gasteiger partial charge in [-0.2, -0.15) is 0 Å². The summed E-state index contributed by atoms with van der Waals surface area (Å²) in [6.45, 7) is 1.70. The minimum Gasteiger partial charge on any atom is -0.393 e. The van der Waals surface area contributed by atoms with Gasteiger partial charge in [0.05, 0.1) is 6.10 Å².